The number of ether oxygens (including phenoxy) is 2. The van der Waals surface area contributed by atoms with Crippen LogP contribution in [-0.2, 0) is 6.61 Å². The Bertz CT molecular complexity index is 654. The van der Waals surface area contributed by atoms with Crippen molar-refractivity contribution in [2.45, 2.75) is 6.61 Å². The fourth-order valence-electron chi connectivity index (χ4n) is 1.83. The standard InChI is InChI=1S/C15H14Cl2N2O2/c1-20-13-6-5-9(7-10(13)15(18)19)8-21-14-11(16)3-2-4-12(14)17/h2-7H,8H2,1H3,(H3,18,19). The average molecular weight is 325 g/mol. The number of nitrogens with one attached hydrogen (secondary N) is 1. The summed E-state index contributed by atoms with van der Waals surface area (Å²) in [5, 5.41) is 8.45. The molecule has 2 rings (SSSR count). The molecule has 110 valence electrons. The number of halogens is 2. The van der Waals surface area contributed by atoms with Gasteiger partial charge in [0.05, 0.1) is 22.7 Å². The molecule has 0 aromatic heterocycles. The van der Waals surface area contributed by atoms with Crippen molar-refractivity contribution in [2.75, 3.05) is 7.11 Å². The van der Waals surface area contributed by atoms with Crippen LogP contribution in [0.2, 0.25) is 10.0 Å². The van der Waals surface area contributed by atoms with Crippen LogP contribution >= 0.6 is 23.2 Å². The number of methoxy groups -OCH3 is 1. The predicted molar refractivity (Wildman–Crippen MR) is 84.8 cm³/mol. The molecular formula is C15H14Cl2N2O2. The van der Waals surface area contributed by atoms with Gasteiger partial charge in [0.15, 0.2) is 5.75 Å². The molecule has 2 aromatic rings. The van der Waals surface area contributed by atoms with Crippen molar-refractivity contribution >= 4 is 29.0 Å². The van der Waals surface area contributed by atoms with Crippen LogP contribution in [0.15, 0.2) is 36.4 Å². The summed E-state index contributed by atoms with van der Waals surface area (Å²) in [5.41, 5.74) is 6.88. The first-order valence-electron chi connectivity index (χ1n) is 6.11. The Labute approximate surface area is 132 Å². The first-order valence-corrected chi connectivity index (χ1v) is 6.86. The monoisotopic (exact) mass is 324 g/mol. The fraction of sp³-hybridized carbons (Fsp3) is 0.133. The van der Waals surface area contributed by atoms with E-state index in [1.165, 1.54) is 7.11 Å². The molecule has 0 fully saturated rings. The van der Waals surface area contributed by atoms with E-state index < -0.39 is 0 Å². The third-order valence-corrected chi connectivity index (χ3v) is 3.45. The number of rotatable bonds is 5. The summed E-state index contributed by atoms with van der Waals surface area (Å²) in [6, 6.07) is 10.5. The number of hydrogen-bond acceptors (Lipinski definition) is 3. The molecule has 0 atom stereocenters. The zero-order valence-electron chi connectivity index (χ0n) is 11.3. The first-order chi connectivity index (χ1) is 10.0. The smallest absolute Gasteiger partial charge is 0.156 e. The highest BCUT2D eigenvalue weighted by atomic mass is 35.5. The van der Waals surface area contributed by atoms with E-state index in [9.17, 15) is 0 Å². The summed E-state index contributed by atoms with van der Waals surface area (Å²) in [6.45, 7) is 0.258. The summed E-state index contributed by atoms with van der Waals surface area (Å²) in [5.74, 6) is 0.910. The van der Waals surface area contributed by atoms with Gasteiger partial charge in [0.25, 0.3) is 0 Å². The second-order valence-corrected chi connectivity index (χ2v) is 5.10. The molecule has 0 bridgehead atoms. The van der Waals surface area contributed by atoms with E-state index in [1.54, 1.807) is 30.3 Å². The van der Waals surface area contributed by atoms with Gasteiger partial charge in [-0.15, -0.1) is 0 Å². The summed E-state index contributed by atoms with van der Waals surface area (Å²) >= 11 is 12.1. The maximum Gasteiger partial charge on any atom is 0.156 e. The van der Waals surface area contributed by atoms with E-state index in [4.69, 9.17) is 43.8 Å². The van der Waals surface area contributed by atoms with Crippen molar-refractivity contribution < 1.29 is 9.47 Å². The highest BCUT2D eigenvalue weighted by molar-refractivity contribution is 6.37. The SMILES string of the molecule is COc1ccc(COc2c(Cl)cccc2Cl)cc1C(=N)N. The lowest BCUT2D eigenvalue weighted by Crippen LogP contribution is -2.13. The van der Waals surface area contributed by atoms with Crippen molar-refractivity contribution in [1.29, 1.82) is 5.41 Å². The van der Waals surface area contributed by atoms with Crippen LogP contribution in [0, 0.1) is 5.41 Å². The molecule has 6 heteroatoms. The van der Waals surface area contributed by atoms with Gasteiger partial charge in [-0.3, -0.25) is 5.41 Å². The highest BCUT2D eigenvalue weighted by Gasteiger charge is 2.10. The predicted octanol–water partition coefficient (Wildman–Crippen LogP) is 3.87. The number of hydrogen-bond donors (Lipinski definition) is 2. The molecule has 21 heavy (non-hydrogen) atoms. The Hall–Kier alpha value is -1.91. The number of amidine groups is 1. The van der Waals surface area contributed by atoms with Crippen LogP contribution in [0.4, 0.5) is 0 Å². The number of para-hydroxylation sites is 1. The zero-order chi connectivity index (χ0) is 15.4. The van der Waals surface area contributed by atoms with Gasteiger partial charge < -0.3 is 15.2 Å². The summed E-state index contributed by atoms with van der Waals surface area (Å²) in [4.78, 5) is 0. The molecule has 0 radical (unpaired) electrons. The van der Waals surface area contributed by atoms with Gasteiger partial charge >= 0.3 is 0 Å². The van der Waals surface area contributed by atoms with Crippen LogP contribution in [0.5, 0.6) is 11.5 Å². The Morgan fingerprint density at radius 2 is 1.86 bits per heavy atom. The minimum Gasteiger partial charge on any atom is -0.496 e. The van der Waals surface area contributed by atoms with Crippen molar-refractivity contribution in [3.8, 4) is 11.5 Å². The van der Waals surface area contributed by atoms with Crippen molar-refractivity contribution in [3.05, 3.63) is 57.6 Å². The second kappa shape index (κ2) is 6.70. The van der Waals surface area contributed by atoms with Gasteiger partial charge in [0.1, 0.15) is 18.2 Å². The largest absolute Gasteiger partial charge is 0.496 e. The zero-order valence-corrected chi connectivity index (χ0v) is 12.8. The summed E-state index contributed by atoms with van der Waals surface area (Å²) < 4.78 is 10.8. The molecule has 0 aliphatic heterocycles. The van der Waals surface area contributed by atoms with Crippen molar-refractivity contribution in [2.24, 2.45) is 5.73 Å². The number of nitrogen functional groups attached to an aromatic ring is 1. The number of benzene rings is 2. The minimum atomic E-state index is -0.0653. The average Bonchev–Trinajstić information content (AvgIpc) is 2.46. The van der Waals surface area contributed by atoms with E-state index in [0.717, 1.165) is 5.56 Å². The van der Waals surface area contributed by atoms with Crippen LogP contribution in [0.25, 0.3) is 0 Å². The topological polar surface area (TPSA) is 68.3 Å². The molecule has 0 amide bonds. The molecule has 0 heterocycles. The Kier molecular flexibility index (Phi) is 4.94. The molecule has 0 saturated heterocycles. The molecular weight excluding hydrogens is 311 g/mol. The second-order valence-electron chi connectivity index (χ2n) is 4.29. The third kappa shape index (κ3) is 3.60. The molecule has 3 N–H and O–H groups in total. The third-order valence-electron chi connectivity index (χ3n) is 2.86. The molecule has 0 saturated carbocycles. The first kappa shape index (κ1) is 15.5. The van der Waals surface area contributed by atoms with Gasteiger partial charge in [0.2, 0.25) is 0 Å². The lowest BCUT2D eigenvalue weighted by Gasteiger charge is -2.12. The van der Waals surface area contributed by atoms with Gasteiger partial charge in [-0.2, -0.15) is 0 Å². The van der Waals surface area contributed by atoms with E-state index in [-0.39, 0.29) is 12.4 Å². The van der Waals surface area contributed by atoms with Crippen molar-refractivity contribution in [3.63, 3.8) is 0 Å². The number of nitrogens with two attached hydrogens (primary N) is 1. The fourth-order valence-corrected chi connectivity index (χ4v) is 2.34. The van der Waals surface area contributed by atoms with Gasteiger partial charge in [-0.1, -0.05) is 35.3 Å². The van der Waals surface area contributed by atoms with Gasteiger partial charge in [0, 0.05) is 0 Å². The maximum atomic E-state index is 7.56. The van der Waals surface area contributed by atoms with Gasteiger partial charge in [-0.25, -0.2) is 0 Å². The molecule has 4 nitrogen and oxygen atoms in total. The Balaban J connectivity index is 2.21. The van der Waals surface area contributed by atoms with E-state index in [0.29, 0.717) is 27.1 Å². The Morgan fingerprint density at radius 1 is 1.19 bits per heavy atom. The van der Waals surface area contributed by atoms with Gasteiger partial charge in [-0.05, 0) is 29.8 Å². The molecule has 0 unspecified atom stereocenters. The lowest BCUT2D eigenvalue weighted by molar-refractivity contribution is 0.306. The Morgan fingerprint density at radius 3 is 2.43 bits per heavy atom. The van der Waals surface area contributed by atoms with E-state index in [2.05, 4.69) is 0 Å². The maximum absolute atomic E-state index is 7.56. The quantitative estimate of drug-likeness (QED) is 0.648. The highest BCUT2D eigenvalue weighted by Crippen LogP contribution is 2.33. The summed E-state index contributed by atoms with van der Waals surface area (Å²) in [7, 11) is 1.53. The summed E-state index contributed by atoms with van der Waals surface area (Å²) in [6.07, 6.45) is 0. The lowest BCUT2D eigenvalue weighted by atomic mass is 10.1. The molecule has 0 spiro atoms. The molecule has 0 aliphatic carbocycles. The normalized spacial score (nSPS) is 10.2. The van der Waals surface area contributed by atoms with Crippen LogP contribution in [0.3, 0.4) is 0 Å². The van der Waals surface area contributed by atoms with Crippen LogP contribution < -0.4 is 15.2 Å². The minimum absolute atomic E-state index is 0.0653. The van der Waals surface area contributed by atoms with Crippen LogP contribution in [-0.4, -0.2) is 12.9 Å². The van der Waals surface area contributed by atoms with Crippen molar-refractivity contribution in [1.82, 2.24) is 0 Å². The molecule has 0 aliphatic rings. The van der Waals surface area contributed by atoms with E-state index >= 15 is 0 Å². The molecule has 2 aromatic carbocycles. The van der Waals surface area contributed by atoms with E-state index in [1.807, 2.05) is 6.07 Å². The van der Waals surface area contributed by atoms with Crippen LogP contribution in [0.1, 0.15) is 11.1 Å².